The Morgan fingerprint density at radius 1 is 1.62 bits per heavy atom. The van der Waals surface area contributed by atoms with Gasteiger partial charge in [0.2, 0.25) is 0 Å². The Bertz CT molecular complexity index is 166. The molecule has 1 aliphatic carbocycles. The first-order chi connectivity index (χ1) is 6.08. The van der Waals surface area contributed by atoms with E-state index >= 15 is 0 Å². The molecule has 13 heavy (non-hydrogen) atoms. The maximum absolute atomic E-state index is 11.7. The van der Waals surface area contributed by atoms with E-state index in [4.69, 9.17) is 10.5 Å². The highest BCUT2D eigenvalue weighted by Gasteiger charge is 2.48. The van der Waals surface area contributed by atoms with Crippen molar-refractivity contribution in [2.24, 2.45) is 11.7 Å². The lowest BCUT2D eigenvalue weighted by Gasteiger charge is -2.10. The molecule has 1 saturated carbocycles. The van der Waals surface area contributed by atoms with Crippen molar-refractivity contribution in [2.45, 2.75) is 38.2 Å². The minimum absolute atomic E-state index is 0.114. The summed E-state index contributed by atoms with van der Waals surface area (Å²) in [5.74, 6) is 0.572. The second-order valence-electron chi connectivity index (χ2n) is 3.76. The van der Waals surface area contributed by atoms with Crippen molar-refractivity contribution in [3.63, 3.8) is 0 Å². The van der Waals surface area contributed by atoms with Gasteiger partial charge in [0.1, 0.15) is 6.61 Å². The Morgan fingerprint density at radius 2 is 2.31 bits per heavy atom. The van der Waals surface area contributed by atoms with Crippen LogP contribution in [0, 0.1) is 5.92 Å². The molecular formula is C9H17F2NO. The smallest absolute Gasteiger partial charge is 0.261 e. The molecule has 0 amide bonds. The summed E-state index contributed by atoms with van der Waals surface area (Å²) in [5.41, 5.74) is 5.84. The first-order valence-corrected chi connectivity index (χ1v) is 4.73. The molecule has 4 heteroatoms. The Labute approximate surface area is 77.4 Å². The van der Waals surface area contributed by atoms with Gasteiger partial charge in [0.05, 0.1) is 0 Å². The van der Waals surface area contributed by atoms with Gasteiger partial charge in [-0.25, -0.2) is 8.78 Å². The third-order valence-corrected chi connectivity index (χ3v) is 2.73. The van der Waals surface area contributed by atoms with Crippen molar-refractivity contribution in [2.75, 3.05) is 13.2 Å². The van der Waals surface area contributed by atoms with E-state index in [-0.39, 0.29) is 5.54 Å². The Balaban J connectivity index is 2.01. The highest BCUT2D eigenvalue weighted by Crippen LogP contribution is 2.45. The second-order valence-corrected chi connectivity index (χ2v) is 3.76. The maximum Gasteiger partial charge on any atom is 0.261 e. The van der Waals surface area contributed by atoms with Crippen LogP contribution < -0.4 is 5.73 Å². The van der Waals surface area contributed by atoms with Gasteiger partial charge in [-0.1, -0.05) is 13.3 Å². The summed E-state index contributed by atoms with van der Waals surface area (Å²) < 4.78 is 28.1. The highest BCUT2D eigenvalue weighted by molar-refractivity contribution is 5.06. The molecule has 0 saturated heterocycles. The monoisotopic (exact) mass is 193 g/mol. The first-order valence-electron chi connectivity index (χ1n) is 4.73. The van der Waals surface area contributed by atoms with E-state index in [0.717, 1.165) is 12.8 Å². The fourth-order valence-corrected chi connectivity index (χ4v) is 1.69. The van der Waals surface area contributed by atoms with Crippen LogP contribution in [-0.2, 0) is 4.74 Å². The number of halogens is 2. The van der Waals surface area contributed by atoms with E-state index < -0.39 is 13.0 Å². The predicted octanol–water partition coefficient (Wildman–Crippen LogP) is 1.79. The van der Waals surface area contributed by atoms with Crippen LogP contribution in [0.25, 0.3) is 0 Å². The zero-order chi connectivity index (χ0) is 9.90. The summed E-state index contributed by atoms with van der Waals surface area (Å²) in [6.45, 7) is 1.99. The van der Waals surface area contributed by atoms with Gasteiger partial charge in [0.25, 0.3) is 6.43 Å². The van der Waals surface area contributed by atoms with Crippen molar-refractivity contribution >= 4 is 0 Å². The predicted molar refractivity (Wildman–Crippen MR) is 46.8 cm³/mol. The molecule has 0 radical (unpaired) electrons. The van der Waals surface area contributed by atoms with Crippen LogP contribution in [0.4, 0.5) is 8.78 Å². The summed E-state index contributed by atoms with van der Waals surface area (Å²) in [4.78, 5) is 0. The molecule has 0 aromatic heterocycles. The molecule has 2 atom stereocenters. The van der Waals surface area contributed by atoms with Crippen molar-refractivity contribution < 1.29 is 13.5 Å². The Kier molecular flexibility index (Phi) is 3.62. The van der Waals surface area contributed by atoms with Crippen LogP contribution in [0.3, 0.4) is 0 Å². The molecule has 0 aliphatic heterocycles. The quantitative estimate of drug-likeness (QED) is 0.653. The fourth-order valence-electron chi connectivity index (χ4n) is 1.69. The Morgan fingerprint density at radius 3 is 2.77 bits per heavy atom. The molecule has 0 aromatic rings. The average molecular weight is 193 g/mol. The van der Waals surface area contributed by atoms with Gasteiger partial charge in [0.15, 0.2) is 0 Å². The zero-order valence-corrected chi connectivity index (χ0v) is 7.93. The normalized spacial score (nSPS) is 32.5. The van der Waals surface area contributed by atoms with E-state index in [1.165, 1.54) is 0 Å². The van der Waals surface area contributed by atoms with Crippen molar-refractivity contribution in [3.8, 4) is 0 Å². The molecule has 0 spiro atoms. The molecule has 78 valence electrons. The Hall–Kier alpha value is -0.220. The molecule has 0 bridgehead atoms. The van der Waals surface area contributed by atoms with Crippen LogP contribution in [-0.4, -0.2) is 25.2 Å². The lowest BCUT2D eigenvalue weighted by Crippen LogP contribution is -2.27. The van der Waals surface area contributed by atoms with Crippen LogP contribution in [0.2, 0.25) is 0 Å². The maximum atomic E-state index is 11.7. The second kappa shape index (κ2) is 4.33. The van der Waals surface area contributed by atoms with Crippen LogP contribution in [0.15, 0.2) is 0 Å². The van der Waals surface area contributed by atoms with Crippen LogP contribution >= 0.6 is 0 Å². The van der Waals surface area contributed by atoms with E-state index in [9.17, 15) is 8.78 Å². The lowest BCUT2D eigenvalue weighted by atomic mass is 10.1. The summed E-state index contributed by atoms with van der Waals surface area (Å²) in [6, 6.07) is 0. The zero-order valence-electron chi connectivity index (χ0n) is 7.93. The molecule has 1 fully saturated rings. The topological polar surface area (TPSA) is 35.2 Å². The standard InChI is InChI=1S/C9H17F2NO/c1-2-7-5-9(7,12)3-4-13-6-8(10)11/h7-8H,2-6,12H2,1H3. The number of ether oxygens (including phenoxy) is 1. The third kappa shape index (κ3) is 3.19. The average Bonchev–Trinajstić information content (AvgIpc) is 2.72. The first kappa shape index (κ1) is 10.9. The van der Waals surface area contributed by atoms with Crippen molar-refractivity contribution in [1.29, 1.82) is 0 Å². The molecular weight excluding hydrogens is 176 g/mol. The van der Waals surface area contributed by atoms with Crippen LogP contribution in [0.5, 0.6) is 0 Å². The van der Waals surface area contributed by atoms with Gasteiger partial charge in [0, 0.05) is 12.1 Å². The van der Waals surface area contributed by atoms with E-state index in [1.807, 2.05) is 0 Å². The molecule has 1 aliphatic rings. The fraction of sp³-hybridized carbons (Fsp3) is 1.00. The van der Waals surface area contributed by atoms with E-state index in [1.54, 1.807) is 0 Å². The van der Waals surface area contributed by atoms with Gasteiger partial charge >= 0.3 is 0 Å². The number of alkyl halides is 2. The number of rotatable bonds is 6. The SMILES string of the molecule is CCC1CC1(N)CCOCC(F)F. The van der Waals surface area contributed by atoms with Crippen molar-refractivity contribution in [1.82, 2.24) is 0 Å². The molecule has 2 unspecified atom stereocenters. The number of hydrogen-bond acceptors (Lipinski definition) is 2. The van der Waals surface area contributed by atoms with Crippen molar-refractivity contribution in [3.05, 3.63) is 0 Å². The summed E-state index contributed by atoms with van der Waals surface area (Å²) in [5, 5.41) is 0. The molecule has 1 rings (SSSR count). The van der Waals surface area contributed by atoms with Gasteiger partial charge in [-0.15, -0.1) is 0 Å². The molecule has 0 aromatic carbocycles. The van der Waals surface area contributed by atoms with Gasteiger partial charge in [-0.05, 0) is 18.8 Å². The van der Waals surface area contributed by atoms with Gasteiger partial charge < -0.3 is 10.5 Å². The van der Waals surface area contributed by atoms with E-state index in [0.29, 0.717) is 18.9 Å². The number of nitrogens with two attached hydrogens (primary N) is 1. The van der Waals surface area contributed by atoms with Crippen LogP contribution in [0.1, 0.15) is 26.2 Å². The summed E-state index contributed by atoms with van der Waals surface area (Å²) in [7, 11) is 0. The molecule has 0 heterocycles. The largest absolute Gasteiger partial charge is 0.375 e. The third-order valence-electron chi connectivity index (χ3n) is 2.73. The van der Waals surface area contributed by atoms with Gasteiger partial charge in [-0.2, -0.15) is 0 Å². The number of hydrogen-bond donors (Lipinski definition) is 1. The molecule has 2 nitrogen and oxygen atoms in total. The highest BCUT2D eigenvalue weighted by atomic mass is 19.3. The minimum Gasteiger partial charge on any atom is -0.375 e. The van der Waals surface area contributed by atoms with Gasteiger partial charge in [-0.3, -0.25) is 0 Å². The summed E-state index contributed by atoms with van der Waals surface area (Å²) >= 11 is 0. The lowest BCUT2D eigenvalue weighted by molar-refractivity contribution is 0.0142. The van der Waals surface area contributed by atoms with E-state index in [2.05, 4.69) is 6.92 Å². The minimum atomic E-state index is -2.37. The molecule has 2 N–H and O–H groups in total. The summed E-state index contributed by atoms with van der Waals surface area (Å²) in [6.07, 6.45) is 0.431.